The summed E-state index contributed by atoms with van der Waals surface area (Å²) in [5.41, 5.74) is 0.586. The van der Waals surface area contributed by atoms with Crippen LogP contribution in [0, 0.1) is 5.92 Å². The molecule has 4 nitrogen and oxygen atoms in total. The standard InChI is InChI=1S/C16H19NO3/c18-10-12-14-11-6-2-3-7-13(11)20-16(17(14)15(12)19)8-4-1-5-9-16/h2-3,6-7,12,14,18H,1,4-5,8-10H2/t12-,14-/m0/s1. The molecule has 0 unspecified atom stereocenters. The topological polar surface area (TPSA) is 49.8 Å². The third kappa shape index (κ3) is 1.43. The van der Waals surface area contributed by atoms with Gasteiger partial charge in [0.15, 0.2) is 5.72 Å². The summed E-state index contributed by atoms with van der Waals surface area (Å²) in [4.78, 5) is 14.3. The molecule has 1 aromatic carbocycles. The van der Waals surface area contributed by atoms with Crippen LogP contribution in [0.5, 0.6) is 5.75 Å². The second kappa shape index (κ2) is 4.22. The largest absolute Gasteiger partial charge is 0.468 e. The molecule has 2 atom stereocenters. The maximum Gasteiger partial charge on any atom is 0.234 e. The molecule has 0 radical (unpaired) electrons. The van der Waals surface area contributed by atoms with E-state index in [0.717, 1.165) is 37.0 Å². The maximum atomic E-state index is 12.4. The lowest BCUT2D eigenvalue weighted by molar-refractivity contribution is -0.216. The highest BCUT2D eigenvalue weighted by Crippen LogP contribution is 2.55. The number of ether oxygens (including phenoxy) is 1. The second-order valence-electron chi connectivity index (χ2n) is 6.09. The van der Waals surface area contributed by atoms with Crippen LogP contribution in [0.2, 0.25) is 0 Å². The van der Waals surface area contributed by atoms with Crippen molar-refractivity contribution in [2.45, 2.75) is 43.9 Å². The number of aliphatic hydroxyl groups is 1. The molecular formula is C16H19NO3. The molecule has 1 saturated carbocycles. The van der Waals surface area contributed by atoms with E-state index in [4.69, 9.17) is 4.74 Å². The average molecular weight is 273 g/mol. The average Bonchev–Trinajstić information content (AvgIpc) is 2.47. The number of aliphatic hydroxyl groups excluding tert-OH is 1. The number of carbonyl (C=O) groups is 1. The molecule has 106 valence electrons. The first-order valence-corrected chi connectivity index (χ1v) is 7.49. The van der Waals surface area contributed by atoms with E-state index in [0.29, 0.717) is 0 Å². The van der Waals surface area contributed by atoms with Crippen LogP contribution in [-0.2, 0) is 4.79 Å². The third-order valence-corrected chi connectivity index (χ3v) is 5.02. The SMILES string of the molecule is O=C1[C@@H](CO)[C@@H]2c3ccccc3OC3(CCCCC3)N12. The number of β-lactam (4-membered cyclic amide) rings is 1. The van der Waals surface area contributed by atoms with Crippen LogP contribution in [0.15, 0.2) is 24.3 Å². The normalized spacial score (nSPS) is 30.2. The molecule has 2 aliphatic heterocycles. The number of rotatable bonds is 1. The number of benzene rings is 1. The zero-order valence-electron chi connectivity index (χ0n) is 11.4. The molecule has 0 aromatic heterocycles. The van der Waals surface area contributed by atoms with Crippen molar-refractivity contribution in [3.8, 4) is 5.75 Å². The Morgan fingerprint density at radius 2 is 2.00 bits per heavy atom. The second-order valence-corrected chi connectivity index (χ2v) is 6.09. The summed E-state index contributed by atoms with van der Waals surface area (Å²) in [5, 5.41) is 9.52. The monoisotopic (exact) mass is 273 g/mol. The fraction of sp³-hybridized carbons (Fsp3) is 0.562. The van der Waals surface area contributed by atoms with Crippen molar-refractivity contribution in [2.24, 2.45) is 5.92 Å². The van der Waals surface area contributed by atoms with E-state index in [1.807, 2.05) is 29.2 Å². The number of fused-ring (bicyclic) bond motifs is 4. The molecule has 0 bridgehead atoms. The molecule has 4 heteroatoms. The van der Waals surface area contributed by atoms with E-state index in [-0.39, 0.29) is 24.5 Å². The van der Waals surface area contributed by atoms with Crippen molar-refractivity contribution >= 4 is 5.91 Å². The van der Waals surface area contributed by atoms with Crippen molar-refractivity contribution in [3.05, 3.63) is 29.8 Å². The summed E-state index contributed by atoms with van der Waals surface area (Å²) in [5.74, 6) is 0.648. The Bertz CT molecular complexity index is 550. The molecule has 1 aromatic rings. The van der Waals surface area contributed by atoms with E-state index in [1.165, 1.54) is 6.42 Å². The Kier molecular flexibility index (Phi) is 2.58. The Hall–Kier alpha value is -1.55. The van der Waals surface area contributed by atoms with Gasteiger partial charge in [0.2, 0.25) is 5.91 Å². The molecular weight excluding hydrogens is 254 g/mol. The van der Waals surface area contributed by atoms with Gasteiger partial charge in [0.05, 0.1) is 18.6 Å². The van der Waals surface area contributed by atoms with Crippen LogP contribution >= 0.6 is 0 Å². The van der Waals surface area contributed by atoms with Crippen molar-refractivity contribution in [3.63, 3.8) is 0 Å². The van der Waals surface area contributed by atoms with Gasteiger partial charge >= 0.3 is 0 Å². The molecule has 2 fully saturated rings. The lowest BCUT2D eigenvalue weighted by Gasteiger charge is -2.60. The zero-order valence-corrected chi connectivity index (χ0v) is 11.4. The minimum Gasteiger partial charge on any atom is -0.468 e. The molecule has 1 amide bonds. The number of hydrogen-bond acceptors (Lipinski definition) is 3. The number of amides is 1. The minimum atomic E-state index is -0.458. The van der Waals surface area contributed by atoms with Crippen LogP contribution in [0.3, 0.4) is 0 Å². The van der Waals surface area contributed by atoms with Crippen molar-refractivity contribution in [2.75, 3.05) is 6.61 Å². The number of hydrogen-bond donors (Lipinski definition) is 1. The van der Waals surface area contributed by atoms with Crippen LogP contribution < -0.4 is 4.74 Å². The van der Waals surface area contributed by atoms with Crippen molar-refractivity contribution < 1.29 is 14.6 Å². The summed E-state index contributed by atoms with van der Waals surface area (Å²) >= 11 is 0. The van der Waals surface area contributed by atoms with Crippen LogP contribution in [0.25, 0.3) is 0 Å². The molecule has 1 saturated heterocycles. The Morgan fingerprint density at radius 1 is 1.25 bits per heavy atom. The van der Waals surface area contributed by atoms with Crippen LogP contribution in [0.4, 0.5) is 0 Å². The minimum absolute atomic E-state index is 0.00412. The summed E-state index contributed by atoms with van der Waals surface area (Å²) in [6.07, 6.45) is 5.22. The lowest BCUT2D eigenvalue weighted by Crippen LogP contribution is -2.70. The van der Waals surface area contributed by atoms with Gasteiger partial charge in [-0.25, -0.2) is 0 Å². The first-order chi connectivity index (χ1) is 9.77. The van der Waals surface area contributed by atoms with Gasteiger partial charge in [0.1, 0.15) is 5.75 Å². The number of para-hydroxylation sites is 1. The van der Waals surface area contributed by atoms with Gasteiger partial charge in [-0.1, -0.05) is 24.6 Å². The van der Waals surface area contributed by atoms with Gasteiger partial charge in [-0.15, -0.1) is 0 Å². The summed E-state index contributed by atoms with van der Waals surface area (Å²) in [7, 11) is 0. The third-order valence-electron chi connectivity index (χ3n) is 5.02. The van der Waals surface area contributed by atoms with Gasteiger partial charge in [-0.2, -0.15) is 0 Å². The fourth-order valence-corrected chi connectivity index (χ4v) is 4.06. The number of carbonyl (C=O) groups excluding carboxylic acids is 1. The quantitative estimate of drug-likeness (QED) is 0.798. The van der Waals surface area contributed by atoms with Crippen LogP contribution in [-0.4, -0.2) is 28.2 Å². The number of nitrogens with zero attached hydrogens (tertiary/aromatic N) is 1. The van der Waals surface area contributed by atoms with Crippen molar-refractivity contribution in [1.82, 2.24) is 4.90 Å². The molecule has 4 rings (SSSR count). The van der Waals surface area contributed by atoms with Gasteiger partial charge in [-0.05, 0) is 18.9 Å². The van der Waals surface area contributed by atoms with E-state index in [1.54, 1.807) is 0 Å². The highest BCUT2D eigenvalue weighted by atomic mass is 16.5. The molecule has 20 heavy (non-hydrogen) atoms. The van der Waals surface area contributed by atoms with Gasteiger partial charge < -0.3 is 9.84 Å². The lowest BCUT2D eigenvalue weighted by atomic mass is 9.75. The molecule has 2 heterocycles. The predicted molar refractivity (Wildman–Crippen MR) is 73.0 cm³/mol. The molecule has 1 N–H and O–H groups in total. The van der Waals surface area contributed by atoms with E-state index < -0.39 is 5.72 Å². The highest BCUT2D eigenvalue weighted by molar-refractivity contribution is 5.88. The summed E-state index contributed by atoms with van der Waals surface area (Å²) in [6.45, 7) is -0.0790. The predicted octanol–water partition coefficient (Wildman–Crippen LogP) is 2.23. The van der Waals surface area contributed by atoms with Crippen LogP contribution in [0.1, 0.15) is 43.7 Å². The summed E-state index contributed by atoms with van der Waals surface area (Å²) in [6, 6.07) is 7.93. The first-order valence-electron chi connectivity index (χ1n) is 7.49. The Balaban J connectivity index is 1.81. The zero-order chi connectivity index (χ0) is 13.7. The first kappa shape index (κ1) is 12.2. The van der Waals surface area contributed by atoms with Gasteiger partial charge in [-0.3, -0.25) is 9.69 Å². The van der Waals surface area contributed by atoms with E-state index in [9.17, 15) is 9.90 Å². The Labute approximate surface area is 118 Å². The maximum absolute atomic E-state index is 12.4. The molecule has 1 aliphatic carbocycles. The molecule has 1 spiro atoms. The highest BCUT2D eigenvalue weighted by Gasteiger charge is 2.61. The van der Waals surface area contributed by atoms with Gasteiger partial charge in [0.25, 0.3) is 0 Å². The fourth-order valence-electron chi connectivity index (χ4n) is 4.06. The van der Waals surface area contributed by atoms with Crippen molar-refractivity contribution in [1.29, 1.82) is 0 Å². The Morgan fingerprint density at radius 3 is 2.75 bits per heavy atom. The molecule has 3 aliphatic rings. The smallest absolute Gasteiger partial charge is 0.234 e. The van der Waals surface area contributed by atoms with E-state index in [2.05, 4.69) is 0 Å². The van der Waals surface area contributed by atoms with Gasteiger partial charge in [0, 0.05) is 18.4 Å². The van der Waals surface area contributed by atoms with E-state index >= 15 is 0 Å². The summed E-state index contributed by atoms with van der Waals surface area (Å²) < 4.78 is 6.28.